The lowest BCUT2D eigenvalue weighted by molar-refractivity contribution is 0.267. The fourth-order valence-corrected chi connectivity index (χ4v) is 3.21. The Balaban J connectivity index is 3.07. The highest BCUT2D eigenvalue weighted by Crippen LogP contribution is 2.23. The molecule has 1 aromatic carbocycles. The first-order valence-electron chi connectivity index (χ1n) is 6.88. The van der Waals surface area contributed by atoms with Gasteiger partial charge in [-0.3, -0.25) is 0 Å². The summed E-state index contributed by atoms with van der Waals surface area (Å²) < 4.78 is 26.8. The van der Waals surface area contributed by atoms with Crippen LogP contribution in [0, 0.1) is 5.92 Å². The molecule has 0 bridgehead atoms. The lowest BCUT2D eigenvalue weighted by Gasteiger charge is -2.24. The fourth-order valence-electron chi connectivity index (χ4n) is 2.00. The summed E-state index contributed by atoms with van der Waals surface area (Å²) in [6, 6.07) is 6.85. The van der Waals surface area contributed by atoms with E-state index in [4.69, 9.17) is 5.11 Å². The average Bonchev–Trinajstić information content (AvgIpc) is 2.38. The Kier molecular flexibility index (Phi) is 6.45. The SMILES string of the molecule is CCNS(=O)(=O)c1ccccc1NC(CCO)C(C)C. The largest absolute Gasteiger partial charge is 0.396 e. The molecule has 0 aromatic heterocycles. The molecule has 3 N–H and O–H groups in total. The van der Waals surface area contributed by atoms with Crippen molar-refractivity contribution in [2.24, 2.45) is 5.92 Å². The monoisotopic (exact) mass is 300 g/mol. The van der Waals surface area contributed by atoms with Crippen molar-refractivity contribution in [2.75, 3.05) is 18.5 Å². The van der Waals surface area contributed by atoms with Gasteiger partial charge in [0.05, 0.1) is 5.69 Å². The van der Waals surface area contributed by atoms with Crippen LogP contribution in [0.15, 0.2) is 29.2 Å². The summed E-state index contributed by atoms with van der Waals surface area (Å²) in [4.78, 5) is 0.241. The molecule has 0 fully saturated rings. The number of aliphatic hydroxyl groups is 1. The Morgan fingerprint density at radius 3 is 2.45 bits per heavy atom. The van der Waals surface area contributed by atoms with Gasteiger partial charge in [-0.25, -0.2) is 13.1 Å². The molecule has 0 heterocycles. The molecule has 1 unspecified atom stereocenters. The van der Waals surface area contributed by atoms with E-state index in [9.17, 15) is 8.42 Å². The lowest BCUT2D eigenvalue weighted by atomic mass is 10.0. The molecule has 0 amide bonds. The van der Waals surface area contributed by atoms with E-state index < -0.39 is 10.0 Å². The Bertz CT molecular complexity index is 515. The molecule has 1 rings (SSSR count). The van der Waals surface area contributed by atoms with E-state index in [2.05, 4.69) is 10.0 Å². The van der Waals surface area contributed by atoms with E-state index in [1.165, 1.54) is 0 Å². The van der Waals surface area contributed by atoms with E-state index in [1.54, 1.807) is 31.2 Å². The highest BCUT2D eigenvalue weighted by atomic mass is 32.2. The van der Waals surface area contributed by atoms with Gasteiger partial charge < -0.3 is 10.4 Å². The van der Waals surface area contributed by atoms with E-state index in [0.717, 1.165) is 0 Å². The maximum atomic E-state index is 12.2. The van der Waals surface area contributed by atoms with Crippen LogP contribution in [0.5, 0.6) is 0 Å². The molecular formula is C14H24N2O3S. The van der Waals surface area contributed by atoms with Crippen LogP contribution in [0.3, 0.4) is 0 Å². The normalized spacial score (nSPS) is 13.4. The number of para-hydroxylation sites is 1. The van der Waals surface area contributed by atoms with Crippen molar-refractivity contribution in [1.82, 2.24) is 4.72 Å². The molecule has 114 valence electrons. The molecule has 20 heavy (non-hydrogen) atoms. The summed E-state index contributed by atoms with van der Waals surface area (Å²) in [6.07, 6.45) is 0.577. The smallest absolute Gasteiger partial charge is 0.242 e. The zero-order chi connectivity index (χ0) is 15.2. The maximum Gasteiger partial charge on any atom is 0.242 e. The Morgan fingerprint density at radius 2 is 1.90 bits per heavy atom. The third kappa shape index (κ3) is 4.47. The van der Waals surface area contributed by atoms with Crippen molar-refractivity contribution in [3.05, 3.63) is 24.3 Å². The highest BCUT2D eigenvalue weighted by Gasteiger charge is 2.20. The number of rotatable bonds is 8. The highest BCUT2D eigenvalue weighted by molar-refractivity contribution is 7.89. The Hall–Kier alpha value is -1.11. The standard InChI is InChI=1S/C14H24N2O3S/c1-4-15-20(18,19)14-8-6-5-7-13(14)16-12(9-10-17)11(2)3/h5-8,11-12,15-17H,4,9-10H2,1-3H3. The minimum Gasteiger partial charge on any atom is -0.396 e. The summed E-state index contributed by atoms with van der Waals surface area (Å²) in [6.45, 7) is 6.23. The van der Waals surface area contributed by atoms with Gasteiger partial charge in [-0.15, -0.1) is 0 Å². The molecule has 0 saturated carbocycles. The number of benzene rings is 1. The van der Waals surface area contributed by atoms with Gasteiger partial charge in [0.2, 0.25) is 10.0 Å². The predicted octanol–water partition coefficient (Wildman–Crippen LogP) is 1.80. The van der Waals surface area contributed by atoms with Crippen LogP contribution in [-0.2, 0) is 10.0 Å². The van der Waals surface area contributed by atoms with Gasteiger partial charge in [-0.2, -0.15) is 0 Å². The first kappa shape index (κ1) is 16.9. The summed E-state index contributed by atoms with van der Waals surface area (Å²) in [5.41, 5.74) is 0.570. The molecule has 0 spiro atoms. The second-order valence-electron chi connectivity index (χ2n) is 5.00. The van der Waals surface area contributed by atoms with E-state index >= 15 is 0 Å². The van der Waals surface area contributed by atoms with E-state index in [-0.39, 0.29) is 23.5 Å². The van der Waals surface area contributed by atoms with Crippen LogP contribution in [0.4, 0.5) is 5.69 Å². The Labute approximate surface area is 121 Å². The van der Waals surface area contributed by atoms with Gasteiger partial charge in [0.1, 0.15) is 4.90 Å². The van der Waals surface area contributed by atoms with Crippen molar-refractivity contribution in [3.63, 3.8) is 0 Å². The van der Waals surface area contributed by atoms with E-state index in [0.29, 0.717) is 18.7 Å². The van der Waals surface area contributed by atoms with Crippen LogP contribution in [0.25, 0.3) is 0 Å². The van der Waals surface area contributed by atoms with Crippen LogP contribution < -0.4 is 10.0 Å². The predicted molar refractivity (Wildman–Crippen MR) is 81.3 cm³/mol. The van der Waals surface area contributed by atoms with Crippen molar-refractivity contribution in [1.29, 1.82) is 0 Å². The van der Waals surface area contributed by atoms with Crippen molar-refractivity contribution >= 4 is 15.7 Å². The molecule has 0 aliphatic heterocycles. The number of aliphatic hydroxyl groups excluding tert-OH is 1. The third-order valence-electron chi connectivity index (χ3n) is 3.10. The second kappa shape index (κ2) is 7.61. The second-order valence-corrected chi connectivity index (χ2v) is 6.74. The van der Waals surface area contributed by atoms with Gasteiger partial charge in [0.25, 0.3) is 0 Å². The van der Waals surface area contributed by atoms with Crippen molar-refractivity contribution in [2.45, 2.75) is 38.1 Å². The summed E-state index contributed by atoms with van der Waals surface area (Å²) in [5.74, 6) is 0.289. The molecule has 0 aliphatic rings. The van der Waals surface area contributed by atoms with Crippen LogP contribution >= 0.6 is 0 Å². The molecule has 0 aliphatic carbocycles. The minimum absolute atomic E-state index is 0.0259. The molecule has 1 atom stereocenters. The lowest BCUT2D eigenvalue weighted by Crippen LogP contribution is -2.29. The summed E-state index contributed by atoms with van der Waals surface area (Å²) >= 11 is 0. The fraction of sp³-hybridized carbons (Fsp3) is 0.571. The minimum atomic E-state index is -3.50. The van der Waals surface area contributed by atoms with Crippen molar-refractivity contribution in [3.8, 4) is 0 Å². The molecule has 0 radical (unpaired) electrons. The molecule has 6 heteroatoms. The number of sulfonamides is 1. The topological polar surface area (TPSA) is 78.4 Å². The summed E-state index contributed by atoms with van der Waals surface area (Å²) in [5, 5.41) is 12.3. The third-order valence-corrected chi connectivity index (χ3v) is 4.70. The number of hydrogen-bond donors (Lipinski definition) is 3. The van der Waals surface area contributed by atoms with E-state index in [1.807, 2.05) is 13.8 Å². The summed E-state index contributed by atoms with van der Waals surface area (Å²) in [7, 11) is -3.50. The zero-order valence-electron chi connectivity index (χ0n) is 12.3. The number of nitrogens with one attached hydrogen (secondary N) is 2. The van der Waals surface area contributed by atoms with Crippen LogP contribution in [0.1, 0.15) is 27.2 Å². The molecule has 5 nitrogen and oxygen atoms in total. The van der Waals surface area contributed by atoms with Crippen LogP contribution in [-0.4, -0.2) is 32.7 Å². The average molecular weight is 300 g/mol. The van der Waals surface area contributed by atoms with Crippen molar-refractivity contribution < 1.29 is 13.5 Å². The first-order chi connectivity index (χ1) is 9.42. The molecule has 0 saturated heterocycles. The quantitative estimate of drug-likeness (QED) is 0.684. The first-order valence-corrected chi connectivity index (χ1v) is 8.36. The zero-order valence-corrected chi connectivity index (χ0v) is 13.1. The molecular weight excluding hydrogens is 276 g/mol. The maximum absolute atomic E-state index is 12.2. The number of anilines is 1. The van der Waals surface area contributed by atoms with Crippen LogP contribution in [0.2, 0.25) is 0 Å². The Morgan fingerprint density at radius 1 is 1.25 bits per heavy atom. The van der Waals surface area contributed by atoms with Gasteiger partial charge in [-0.05, 0) is 24.5 Å². The number of hydrogen-bond acceptors (Lipinski definition) is 4. The van der Waals surface area contributed by atoms with Gasteiger partial charge in [-0.1, -0.05) is 32.9 Å². The van der Waals surface area contributed by atoms with Gasteiger partial charge >= 0.3 is 0 Å². The molecule has 1 aromatic rings. The van der Waals surface area contributed by atoms with Gasteiger partial charge in [0.15, 0.2) is 0 Å². The van der Waals surface area contributed by atoms with Gasteiger partial charge in [0, 0.05) is 19.2 Å².